The summed E-state index contributed by atoms with van der Waals surface area (Å²) in [6, 6.07) is 3.17. The monoisotopic (exact) mass is 216 g/mol. The first-order valence-corrected chi connectivity index (χ1v) is 4.24. The molecule has 0 saturated carbocycles. The molecule has 0 saturated heterocycles. The molecule has 82 valence electrons. The van der Waals surface area contributed by atoms with E-state index in [1.807, 2.05) is 0 Å². The Bertz CT molecular complexity index is 366. The Kier molecular flexibility index (Phi) is 3.74. The van der Waals surface area contributed by atoms with Crippen LogP contribution in [0.15, 0.2) is 18.2 Å². The van der Waals surface area contributed by atoms with Crippen molar-refractivity contribution in [2.75, 3.05) is 7.11 Å². The molecule has 1 atom stereocenters. The fourth-order valence-electron chi connectivity index (χ4n) is 1.11. The maximum absolute atomic E-state index is 12.7. The van der Waals surface area contributed by atoms with Crippen LogP contribution in [0.25, 0.3) is 0 Å². The van der Waals surface area contributed by atoms with Gasteiger partial charge < -0.3 is 9.84 Å². The predicted octanol–water partition coefficient (Wildman–Crippen LogP) is 1.04. The Balaban J connectivity index is 2.73. The van der Waals surface area contributed by atoms with Gasteiger partial charge in [0, 0.05) is 6.42 Å². The number of hydrogen-bond acceptors (Lipinski definition) is 3. The fourth-order valence-corrected chi connectivity index (χ4v) is 1.11. The summed E-state index contributed by atoms with van der Waals surface area (Å²) in [7, 11) is 1.14. The van der Waals surface area contributed by atoms with E-state index in [2.05, 4.69) is 4.74 Å². The molecule has 0 bridgehead atoms. The Morgan fingerprint density at radius 3 is 2.67 bits per heavy atom. The van der Waals surface area contributed by atoms with Crippen LogP contribution in [0.5, 0.6) is 0 Å². The smallest absolute Gasteiger partial charge is 0.335 e. The van der Waals surface area contributed by atoms with E-state index in [1.165, 1.54) is 6.07 Å². The Labute approximate surface area is 85.3 Å². The van der Waals surface area contributed by atoms with Gasteiger partial charge in [0.25, 0.3) is 0 Å². The van der Waals surface area contributed by atoms with Gasteiger partial charge in [0.2, 0.25) is 0 Å². The highest BCUT2D eigenvalue weighted by molar-refractivity contribution is 5.74. The second kappa shape index (κ2) is 4.84. The summed E-state index contributed by atoms with van der Waals surface area (Å²) < 4.78 is 29.6. The minimum Gasteiger partial charge on any atom is -0.467 e. The van der Waals surface area contributed by atoms with Crippen molar-refractivity contribution >= 4 is 5.97 Å². The molecular weight excluding hydrogens is 206 g/mol. The molecule has 0 radical (unpaired) electrons. The number of carbonyl (C=O) groups is 1. The van der Waals surface area contributed by atoms with Crippen LogP contribution in [0.4, 0.5) is 8.78 Å². The summed E-state index contributed by atoms with van der Waals surface area (Å²) in [6.07, 6.45) is -1.47. The van der Waals surface area contributed by atoms with E-state index in [0.29, 0.717) is 5.56 Å². The van der Waals surface area contributed by atoms with Crippen molar-refractivity contribution < 1.29 is 23.4 Å². The van der Waals surface area contributed by atoms with E-state index in [9.17, 15) is 18.7 Å². The molecule has 3 nitrogen and oxygen atoms in total. The molecule has 1 N–H and O–H groups in total. The number of esters is 1. The molecule has 0 aromatic heterocycles. The predicted molar refractivity (Wildman–Crippen MR) is 48.1 cm³/mol. The third kappa shape index (κ3) is 2.99. The number of hydrogen-bond donors (Lipinski definition) is 1. The maximum atomic E-state index is 12.7. The highest BCUT2D eigenvalue weighted by Crippen LogP contribution is 2.10. The van der Waals surface area contributed by atoms with Gasteiger partial charge in [-0.05, 0) is 17.7 Å². The third-order valence-electron chi connectivity index (χ3n) is 1.89. The highest BCUT2D eigenvalue weighted by Gasteiger charge is 2.16. The summed E-state index contributed by atoms with van der Waals surface area (Å²) in [6.45, 7) is 0. The Morgan fingerprint density at radius 2 is 2.13 bits per heavy atom. The SMILES string of the molecule is COC(=O)C(O)Cc1ccc(F)c(F)c1. The molecule has 0 fully saturated rings. The van der Waals surface area contributed by atoms with Crippen LogP contribution in [0.2, 0.25) is 0 Å². The van der Waals surface area contributed by atoms with Crippen molar-refractivity contribution in [3.63, 3.8) is 0 Å². The normalized spacial score (nSPS) is 12.3. The lowest BCUT2D eigenvalue weighted by molar-refractivity contribution is -0.150. The number of ether oxygens (including phenoxy) is 1. The van der Waals surface area contributed by atoms with Gasteiger partial charge in [0.1, 0.15) is 0 Å². The zero-order chi connectivity index (χ0) is 11.4. The van der Waals surface area contributed by atoms with Crippen molar-refractivity contribution in [1.29, 1.82) is 0 Å². The number of benzene rings is 1. The molecule has 15 heavy (non-hydrogen) atoms. The lowest BCUT2D eigenvalue weighted by Crippen LogP contribution is -2.24. The van der Waals surface area contributed by atoms with Gasteiger partial charge in [-0.3, -0.25) is 0 Å². The average molecular weight is 216 g/mol. The molecule has 1 unspecified atom stereocenters. The van der Waals surface area contributed by atoms with Crippen molar-refractivity contribution in [2.24, 2.45) is 0 Å². The van der Waals surface area contributed by atoms with Crippen LogP contribution in [0, 0.1) is 11.6 Å². The highest BCUT2D eigenvalue weighted by atomic mass is 19.2. The van der Waals surface area contributed by atoms with E-state index in [-0.39, 0.29) is 6.42 Å². The molecule has 0 aliphatic carbocycles. The number of halogens is 2. The number of carbonyl (C=O) groups excluding carboxylic acids is 1. The maximum Gasteiger partial charge on any atom is 0.335 e. The Hall–Kier alpha value is -1.49. The number of methoxy groups -OCH3 is 1. The van der Waals surface area contributed by atoms with Gasteiger partial charge in [0.05, 0.1) is 7.11 Å². The fraction of sp³-hybridized carbons (Fsp3) is 0.300. The van der Waals surface area contributed by atoms with E-state index in [4.69, 9.17) is 0 Å². The van der Waals surface area contributed by atoms with Crippen molar-refractivity contribution in [2.45, 2.75) is 12.5 Å². The summed E-state index contributed by atoms with van der Waals surface area (Å²) >= 11 is 0. The first-order valence-electron chi connectivity index (χ1n) is 4.24. The number of aliphatic hydroxyl groups excluding tert-OH is 1. The van der Waals surface area contributed by atoms with Gasteiger partial charge >= 0.3 is 5.97 Å². The molecule has 0 spiro atoms. The van der Waals surface area contributed by atoms with Crippen LogP contribution in [0.1, 0.15) is 5.56 Å². The minimum atomic E-state index is -1.36. The molecule has 1 aromatic rings. The van der Waals surface area contributed by atoms with Gasteiger partial charge in [-0.1, -0.05) is 6.07 Å². The summed E-state index contributed by atoms with van der Waals surface area (Å²) in [5.41, 5.74) is 0.326. The number of aliphatic hydroxyl groups is 1. The van der Waals surface area contributed by atoms with Gasteiger partial charge in [0.15, 0.2) is 17.7 Å². The standard InChI is InChI=1S/C10H10F2O3/c1-15-10(14)9(13)5-6-2-3-7(11)8(12)4-6/h2-4,9,13H,5H2,1H3. The van der Waals surface area contributed by atoms with Crippen LogP contribution < -0.4 is 0 Å². The Morgan fingerprint density at radius 1 is 1.47 bits per heavy atom. The van der Waals surface area contributed by atoms with E-state index in [0.717, 1.165) is 19.2 Å². The van der Waals surface area contributed by atoms with Crippen LogP contribution in [-0.2, 0) is 16.0 Å². The second-order valence-electron chi connectivity index (χ2n) is 2.99. The molecular formula is C10H10F2O3. The van der Waals surface area contributed by atoms with Crippen LogP contribution >= 0.6 is 0 Å². The molecule has 5 heteroatoms. The first kappa shape index (κ1) is 11.6. The van der Waals surface area contributed by atoms with E-state index in [1.54, 1.807) is 0 Å². The largest absolute Gasteiger partial charge is 0.467 e. The van der Waals surface area contributed by atoms with Crippen molar-refractivity contribution in [3.05, 3.63) is 35.4 Å². The third-order valence-corrected chi connectivity index (χ3v) is 1.89. The minimum absolute atomic E-state index is 0.107. The summed E-state index contributed by atoms with van der Waals surface area (Å²) in [5, 5.41) is 9.24. The van der Waals surface area contributed by atoms with Crippen molar-refractivity contribution in [3.8, 4) is 0 Å². The van der Waals surface area contributed by atoms with Crippen LogP contribution in [0.3, 0.4) is 0 Å². The topological polar surface area (TPSA) is 46.5 Å². The molecule has 0 aliphatic heterocycles. The molecule has 1 rings (SSSR count). The summed E-state index contributed by atoms with van der Waals surface area (Å²) in [5.74, 6) is -2.78. The van der Waals surface area contributed by atoms with Crippen LogP contribution in [-0.4, -0.2) is 24.3 Å². The van der Waals surface area contributed by atoms with Gasteiger partial charge in [-0.25, -0.2) is 13.6 Å². The quantitative estimate of drug-likeness (QED) is 0.768. The molecule has 0 heterocycles. The van der Waals surface area contributed by atoms with E-state index >= 15 is 0 Å². The lowest BCUT2D eigenvalue weighted by Gasteiger charge is -2.08. The first-order chi connectivity index (χ1) is 7.04. The zero-order valence-electron chi connectivity index (χ0n) is 8.04. The van der Waals surface area contributed by atoms with Gasteiger partial charge in [-0.15, -0.1) is 0 Å². The lowest BCUT2D eigenvalue weighted by atomic mass is 10.1. The molecule has 1 aromatic carbocycles. The number of rotatable bonds is 3. The second-order valence-corrected chi connectivity index (χ2v) is 2.99. The van der Waals surface area contributed by atoms with Gasteiger partial charge in [-0.2, -0.15) is 0 Å². The average Bonchev–Trinajstić information content (AvgIpc) is 2.22. The molecule has 0 aliphatic rings. The van der Waals surface area contributed by atoms with E-state index < -0.39 is 23.7 Å². The summed E-state index contributed by atoms with van der Waals surface area (Å²) in [4.78, 5) is 10.8. The zero-order valence-corrected chi connectivity index (χ0v) is 8.04. The molecule has 0 amide bonds. The van der Waals surface area contributed by atoms with Crippen molar-refractivity contribution in [1.82, 2.24) is 0 Å².